The van der Waals surface area contributed by atoms with Crippen LogP contribution in [0.2, 0.25) is 0 Å². The molecule has 5 nitrogen and oxygen atoms in total. The fraction of sp³-hybridized carbons (Fsp3) is 0.429. The summed E-state index contributed by atoms with van der Waals surface area (Å²) in [6.45, 7) is 13.4. The van der Waals surface area contributed by atoms with E-state index < -0.39 is 0 Å². The molecule has 0 N–H and O–H groups in total. The Morgan fingerprint density at radius 2 is 1.92 bits per heavy atom. The van der Waals surface area contributed by atoms with Gasteiger partial charge in [-0.2, -0.15) is 5.10 Å². The fourth-order valence-corrected chi connectivity index (χ4v) is 3.10. The maximum absolute atomic E-state index is 12.8. The normalized spacial score (nSPS) is 10.7. The number of allylic oxidation sites excluding steroid dienone is 1. The highest BCUT2D eigenvalue weighted by atomic mass is 16.5. The Hall–Kier alpha value is -2.56. The summed E-state index contributed by atoms with van der Waals surface area (Å²) in [6, 6.07) is 6.12. The molecule has 0 atom stereocenters. The lowest BCUT2D eigenvalue weighted by molar-refractivity contribution is 0.0786. The molecule has 0 spiro atoms. The third-order valence-corrected chi connectivity index (χ3v) is 4.54. The summed E-state index contributed by atoms with van der Waals surface area (Å²) < 4.78 is 7.73. The molecule has 0 radical (unpaired) electrons. The van der Waals surface area contributed by atoms with Gasteiger partial charge in [0.1, 0.15) is 5.75 Å². The largest absolute Gasteiger partial charge is 0.493 e. The van der Waals surface area contributed by atoms with E-state index in [0.29, 0.717) is 25.3 Å². The van der Waals surface area contributed by atoms with Crippen LogP contribution < -0.4 is 4.74 Å². The maximum atomic E-state index is 12.8. The first kappa shape index (κ1) is 19.8. The minimum Gasteiger partial charge on any atom is -0.493 e. The lowest BCUT2D eigenvalue weighted by Gasteiger charge is -2.18. The number of amides is 1. The first-order valence-electron chi connectivity index (χ1n) is 8.96. The van der Waals surface area contributed by atoms with Gasteiger partial charge in [0.05, 0.1) is 24.4 Å². The zero-order valence-electron chi connectivity index (χ0n) is 16.5. The van der Waals surface area contributed by atoms with Crippen molar-refractivity contribution >= 4 is 5.91 Å². The first-order chi connectivity index (χ1) is 12.4. The second kappa shape index (κ2) is 8.70. The van der Waals surface area contributed by atoms with Gasteiger partial charge in [-0.25, -0.2) is 0 Å². The Bertz CT molecular complexity index is 773. The topological polar surface area (TPSA) is 47.4 Å². The van der Waals surface area contributed by atoms with Crippen LogP contribution in [-0.4, -0.2) is 40.8 Å². The van der Waals surface area contributed by atoms with Crippen molar-refractivity contribution in [2.75, 3.05) is 20.2 Å². The van der Waals surface area contributed by atoms with Crippen LogP contribution in [0.4, 0.5) is 0 Å². The molecule has 0 unspecified atom stereocenters. The number of carbonyl (C=O) groups excluding carboxylic acids is 1. The molecule has 1 aromatic carbocycles. The molecule has 1 aromatic heterocycles. The summed E-state index contributed by atoms with van der Waals surface area (Å²) in [4.78, 5) is 14.5. The average molecular weight is 355 g/mol. The highest BCUT2D eigenvalue weighted by Gasteiger charge is 2.21. The predicted octanol–water partition coefficient (Wildman–Crippen LogP) is 3.84. The van der Waals surface area contributed by atoms with Gasteiger partial charge in [-0.1, -0.05) is 24.3 Å². The lowest BCUT2D eigenvalue weighted by atomic mass is 10.1. The Morgan fingerprint density at radius 1 is 1.27 bits per heavy atom. The summed E-state index contributed by atoms with van der Waals surface area (Å²) in [7, 11) is 1.82. The van der Waals surface area contributed by atoms with E-state index in [0.717, 1.165) is 34.7 Å². The quantitative estimate of drug-likeness (QED) is 0.534. The molecular formula is C21H29N3O2. The summed E-state index contributed by atoms with van der Waals surface area (Å²) in [6.07, 6.45) is 2.55. The van der Waals surface area contributed by atoms with Crippen molar-refractivity contribution in [3.63, 3.8) is 0 Å². The predicted molar refractivity (Wildman–Crippen MR) is 105 cm³/mol. The summed E-state index contributed by atoms with van der Waals surface area (Å²) in [5, 5.41) is 4.43. The zero-order valence-corrected chi connectivity index (χ0v) is 16.5. The number of benzene rings is 1. The van der Waals surface area contributed by atoms with Gasteiger partial charge in [0.2, 0.25) is 0 Å². The van der Waals surface area contributed by atoms with Gasteiger partial charge in [0.25, 0.3) is 5.91 Å². The van der Waals surface area contributed by atoms with Crippen LogP contribution in [-0.2, 0) is 6.54 Å². The summed E-state index contributed by atoms with van der Waals surface area (Å²) in [5.74, 6) is 0.946. The van der Waals surface area contributed by atoms with Crippen molar-refractivity contribution in [1.82, 2.24) is 14.7 Å². The van der Waals surface area contributed by atoms with E-state index in [1.807, 2.05) is 57.6 Å². The zero-order chi connectivity index (χ0) is 19.3. The minimum absolute atomic E-state index is 0.00221. The van der Waals surface area contributed by atoms with Crippen molar-refractivity contribution in [3.8, 4) is 5.75 Å². The van der Waals surface area contributed by atoms with Gasteiger partial charge >= 0.3 is 0 Å². The van der Waals surface area contributed by atoms with Crippen LogP contribution in [0.15, 0.2) is 30.9 Å². The van der Waals surface area contributed by atoms with Gasteiger partial charge in [0.15, 0.2) is 0 Å². The third-order valence-electron chi connectivity index (χ3n) is 4.54. The van der Waals surface area contributed by atoms with Gasteiger partial charge in [-0.05, 0) is 45.2 Å². The number of para-hydroxylation sites is 1. The molecule has 1 heterocycles. The molecule has 0 aliphatic rings. The van der Waals surface area contributed by atoms with Crippen LogP contribution in [0.25, 0.3) is 0 Å². The summed E-state index contributed by atoms with van der Waals surface area (Å²) >= 11 is 0. The number of carbonyl (C=O) groups is 1. The minimum atomic E-state index is 0.00221. The van der Waals surface area contributed by atoms with Crippen LogP contribution in [0.1, 0.15) is 39.3 Å². The number of aryl methyl sites for hydroxylation is 3. The van der Waals surface area contributed by atoms with E-state index in [1.54, 1.807) is 11.0 Å². The number of rotatable bonds is 8. The Balaban J connectivity index is 1.93. The molecule has 140 valence electrons. The van der Waals surface area contributed by atoms with Crippen molar-refractivity contribution in [2.45, 2.75) is 40.7 Å². The van der Waals surface area contributed by atoms with Crippen molar-refractivity contribution in [2.24, 2.45) is 0 Å². The van der Waals surface area contributed by atoms with Gasteiger partial charge in [-0.3, -0.25) is 9.48 Å². The Kier molecular flexibility index (Phi) is 6.61. The molecule has 2 rings (SSSR count). The highest BCUT2D eigenvalue weighted by Crippen LogP contribution is 2.22. The molecule has 0 bridgehead atoms. The Labute approximate surface area is 156 Å². The van der Waals surface area contributed by atoms with Crippen molar-refractivity contribution < 1.29 is 9.53 Å². The maximum Gasteiger partial charge on any atom is 0.257 e. The molecule has 0 fully saturated rings. The number of hydrogen-bond donors (Lipinski definition) is 0. The van der Waals surface area contributed by atoms with Gasteiger partial charge in [-0.15, -0.1) is 6.58 Å². The van der Waals surface area contributed by atoms with Crippen LogP contribution in [0.3, 0.4) is 0 Å². The number of hydrogen-bond acceptors (Lipinski definition) is 3. The van der Waals surface area contributed by atoms with E-state index >= 15 is 0 Å². The number of nitrogens with zero attached hydrogens (tertiary/aromatic N) is 3. The first-order valence-corrected chi connectivity index (χ1v) is 8.96. The second-order valence-corrected chi connectivity index (χ2v) is 6.67. The van der Waals surface area contributed by atoms with Gasteiger partial charge in [0, 0.05) is 19.3 Å². The van der Waals surface area contributed by atoms with Crippen molar-refractivity contribution in [3.05, 3.63) is 58.9 Å². The Morgan fingerprint density at radius 3 is 2.54 bits per heavy atom. The molecule has 0 saturated carbocycles. The molecule has 26 heavy (non-hydrogen) atoms. The van der Waals surface area contributed by atoms with E-state index in [-0.39, 0.29) is 5.91 Å². The van der Waals surface area contributed by atoms with E-state index in [4.69, 9.17) is 4.74 Å². The molecule has 0 saturated heterocycles. The molecule has 2 aromatic rings. The number of ether oxygens (including phenoxy) is 1. The average Bonchev–Trinajstić information content (AvgIpc) is 2.87. The van der Waals surface area contributed by atoms with Crippen LogP contribution in [0, 0.1) is 27.7 Å². The molecule has 5 heteroatoms. The third kappa shape index (κ3) is 4.34. The monoisotopic (exact) mass is 355 g/mol. The summed E-state index contributed by atoms with van der Waals surface area (Å²) in [5.41, 5.74) is 4.59. The fourth-order valence-electron chi connectivity index (χ4n) is 3.10. The van der Waals surface area contributed by atoms with Gasteiger partial charge < -0.3 is 9.64 Å². The SMILES string of the molecule is C=CCn1nc(C)c(C(=O)N(C)CCCOc2c(C)cccc2C)c1C. The molecule has 1 amide bonds. The smallest absolute Gasteiger partial charge is 0.257 e. The standard InChI is InChI=1S/C21H29N3O2/c1-7-12-24-18(5)19(17(4)22-24)21(25)23(6)13-9-14-26-20-15(2)10-8-11-16(20)3/h7-8,10-11H,1,9,12-14H2,2-6H3. The highest BCUT2D eigenvalue weighted by molar-refractivity contribution is 5.96. The van der Waals surface area contributed by atoms with E-state index in [2.05, 4.69) is 11.7 Å². The molecular weight excluding hydrogens is 326 g/mol. The van der Waals surface area contributed by atoms with Crippen molar-refractivity contribution in [1.29, 1.82) is 0 Å². The molecule has 0 aliphatic heterocycles. The van der Waals surface area contributed by atoms with Crippen LogP contribution >= 0.6 is 0 Å². The van der Waals surface area contributed by atoms with E-state index in [1.165, 1.54) is 0 Å². The molecule has 0 aliphatic carbocycles. The van der Waals surface area contributed by atoms with E-state index in [9.17, 15) is 4.79 Å². The number of aromatic nitrogens is 2. The second-order valence-electron chi connectivity index (χ2n) is 6.67. The van der Waals surface area contributed by atoms with Crippen LogP contribution in [0.5, 0.6) is 5.75 Å². The lowest BCUT2D eigenvalue weighted by Crippen LogP contribution is -2.29.